The molecule has 162 valence electrons. The molecule has 4 rings (SSSR count). The van der Waals surface area contributed by atoms with Gasteiger partial charge in [-0.15, -0.1) is 0 Å². The number of hydrogen-bond donors (Lipinski definition) is 1. The second-order valence-corrected chi connectivity index (χ2v) is 7.37. The molecule has 1 N–H and O–H groups in total. The van der Waals surface area contributed by atoms with E-state index in [2.05, 4.69) is 5.32 Å². The van der Waals surface area contributed by atoms with E-state index in [0.29, 0.717) is 35.1 Å². The summed E-state index contributed by atoms with van der Waals surface area (Å²) in [6.07, 6.45) is 1.85. The molecule has 1 atom stereocenters. The quantitative estimate of drug-likeness (QED) is 0.650. The number of fused-ring (bicyclic) bond motifs is 1. The fraction of sp³-hybridized carbons (Fsp3) is 0.333. The van der Waals surface area contributed by atoms with E-state index in [0.717, 1.165) is 35.9 Å². The van der Waals surface area contributed by atoms with Crippen LogP contribution in [0.25, 0.3) is 22.2 Å². The maximum atomic E-state index is 13.2. The molecule has 0 saturated carbocycles. The van der Waals surface area contributed by atoms with Crippen LogP contribution < -0.4 is 19.5 Å². The van der Waals surface area contributed by atoms with E-state index >= 15 is 0 Å². The first-order valence-corrected chi connectivity index (χ1v) is 10.2. The topological polar surface area (TPSA) is 78.9 Å². The van der Waals surface area contributed by atoms with Crippen molar-refractivity contribution in [3.8, 4) is 28.5 Å². The summed E-state index contributed by atoms with van der Waals surface area (Å²) in [6.45, 7) is 1.28. The Morgan fingerprint density at radius 2 is 1.81 bits per heavy atom. The number of carbonyl (C=O) groups excluding carboxylic acids is 1. The van der Waals surface area contributed by atoms with Crippen molar-refractivity contribution in [3.05, 3.63) is 48.0 Å². The zero-order valence-electron chi connectivity index (χ0n) is 17.9. The van der Waals surface area contributed by atoms with Gasteiger partial charge in [-0.3, -0.25) is 4.79 Å². The number of aromatic nitrogens is 1. The van der Waals surface area contributed by atoms with Crippen molar-refractivity contribution < 1.29 is 23.7 Å². The lowest BCUT2D eigenvalue weighted by molar-refractivity contribution is 0.0625. The lowest BCUT2D eigenvalue weighted by atomic mass is 10.0. The number of para-hydroxylation sites is 1. The summed E-state index contributed by atoms with van der Waals surface area (Å²) in [5.74, 6) is 1.42. The van der Waals surface area contributed by atoms with Gasteiger partial charge < -0.3 is 24.3 Å². The molecule has 1 aliphatic heterocycles. The van der Waals surface area contributed by atoms with Crippen molar-refractivity contribution in [3.63, 3.8) is 0 Å². The summed E-state index contributed by atoms with van der Waals surface area (Å²) in [6, 6.07) is 13.1. The maximum absolute atomic E-state index is 13.2. The van der Waals surface area contributed by atoms with Crippen LogP contribution in [0.2, 0.25) is 0 Å². The minimum Gasteiger partial charge on any atom is -0.493 e. The van der Waals surface area contributed by atoms with Crippen LogP contribution in [0.4, 0.5) is 0 Å². The van der Waals surface area contributed by atoms with Crippen molar-refractivity contribution >= 4 is 16.8 Å². The van der Waals surface area contributed by atoms with Crippen molar-refractivity contribution in [1.29, 1.82) is 0 Å². The number of nitrogens with zero attached hydrogens (tertiary/aromatic N) is 1. The Bertz CT molecular complexity index is 1070. The Labute approximate surface area is 181 Å². The second-order valence-electron chi connectivity index (χ2n) is 7.37. The SMILES string of the molecule is COc1cc(-c2cc(C(=O)NC3CCCOC3)c3ccccc3n2)cc(OC)c1OC. The van der Waals surface area contributed by atoms with Gasteiger partial charge in [0.2, 0.25) is 5.75 Å². The zero-order chi connectivity index (χ0) is 21.8. The predicted octanol–water partition coefficient (Wildman–Crippen LogP) is 3.84. The lowest BCUT2D eigenvalue weighted by Gasteiger charge is -2.23. The average Bonchev–Trinajstić information content (AvgIpc) is 2.82. The number of nitrogens with one attached hydrogen (secondary N) is 1. The molecule has 0 bridgehead atoms. The smallest absolute Gasteiger partial charge is 0.252 e. The Balaban J connectivity index is 1.80. The van der Waals surface area contributed by atoms with Crippen LogP contribution in [0.1, 0.15) is 23.2 Å². The van der Waals surface area contributed by atoms with Crippen LogP contribution in [0.5, 0.6) is 17.2 Å². The molecule has 7 heteroatoms. The highest BCUT2D eigenvalue weighted by Crippen LogP contribution is 2.41. The second kappa shape index (κ2) is 9.22. The van der Waals surface area contributed by atoms with Crippen LogP contribution >= 0.6 is 0 Å². The van der Waals surface area contributed by atoms with Crippen LogP contribution in [0, 0.1) is 0 Å². The van der Waals surface area contributed by atoms with Gasteiger partial charge in [0, 0.05) is 17.6 Å². The summed E-state index contributed by atoms with van der Waals surface area (Å²) >= 11 is 0. The fourth-order valence-corrected chi connectivity index (χ4v) is 3.86. The summed E-state index contributed by atoms with van der Waals surface area (Å²) in [5, 5.41) is 3.91. The summed E-state index contributed by atoms with van der Waals surface area (Å²) in [4.78, 5) is 18.0. The molecule has 1 saturated heterocycles. The summed E-state index contributed by atoms with van der Waals surface area (Å²) in [7, 11) is 4.70. The van der Waals surface area contributed by atoms with E-state index in [9.17, 15) is 4.79 Å². The van der Waals surface area contributed by atoms with E-state index in [1.165, 1.54) is 0 Å². The first-order chi connectivity index (χ1) is 15.1. The first kappa shape index (κ1) is 20.9. The highest BCUT2D eigenvalue weighted by Gasteiger charge is 2.21. The number of carbonyl (C=O) groups is 1. The normalized spacial score (nSPS) is 16.0. The van der Waals surface area contributed by atoms with Crippen LogP contribution in [0.15, 0.2) is 42.5 Å². The van der Waals surface area contributed by atoms with Gasteiger partial charge in [0.15, 0.2) is 11.5 Å². The monoisotopic (exact) mass is 422 g/mol. The number of pyridine rings is 1. The minimum atomic E-state index is -0.136. The first-order valence-electron chi connectivity index (χ1n) is 10.2. The molecule has 0 aliphatic carbocycles. The van der Waals surface area contributed by atoms with E-state index in [4.69, 9.17) is 23.9 Å². The molecule has 2 heterocycles. The van der Waals surface area contributed by atoms with Crippen molar-refractivity contribution in [2.75, 3.05) is 34.5 Å². The number of ether oxygens (including phenoxy) is 4. The van der Waals surface area contributed by atoms with Gasteiger partial charge in [-0.1, -0.05) is 18.2 Å². The summed E-state index contributed by atoms with van der Waals surface area (Å²) < 4.78 is 21.9. The molecule has 2 aromatic carbocycles. The molecule has 0 spiro atoms. The molecule has 1 aromatic heterocycles. The highest BCUT2D eigenvalue weighted by atomic mass is 16.5. The Morgan fingerprint density at radius 3 is 2.45 bits per heavy atom. The van der Waals surface area contributed by atoms with Crippen LogP contribution in [0.3, 0.4) is 0 Å². The Morgan fingerprint density at radius 1 is 1.06 bits per heavy atom. The third kappa shape index (κ3) is 4.27. The maximum Gasteiger partial charge on any atom is 0.252 e. The van der Waals surface area contributed by atoms with Gasteiger partial charge in [0.25, 0.3) is 5.91 Å². The van der Waals surface area contributed by atoms with Gasteiger partial charge in [-0.25, -0.2) is 4.98 Å². The van der Waals surface area contributed by atoms with E-state index in [1.807, 2.05) is 42.5 Å². The van der Waals surface area contributed by atoms with Gasteiger partial charge >= 0.3 is 0 Å². The molecule has 1 fully saturated rings. The molecule has 1 unspecified atom stereocenters. The lowest BCUT2D eigenvalue weighted by Crippen LogP contribution is -2.40. The molecule has 1 amide bonds. The molecule has 1 aliphatic rings. The number of benzene rings is 2. The Kier molecular flexibility index (Phi) is 6.23. The minimum absolute atomic E-state index is 0.0119. The summed E-state index contributed by atoms with van der Waals surface area (Å²) in [5.41, 5.74) is 2.71. The van der Waals surface area contributed by atoms with Crippen molar-refractivity contribution in [2.24, 2.45) is 0 Å². The predicted molar refractivity (Wildman–Crippen MR) is 118 cm³/mol. The third-order valence-electron chi connectivity index (χ3n) is 5.42. The largest absolute Gasteiger partial charge is 0.493 e. The molecule has 3 aromatic rings. The highest BCUT2D eigenvalue weighted by molar-refractivity contribution is 6.07. The molecular formula is C24H26N2O5. The average molecular weight is 422 g/mol. The zero-order valence-corrected chi connectivity index (χ0v) is 17.9. The van der Waals surface area contributed by atoms with Crippen molar-refractivity contribution in [2.45, 2.75) is 18.9 Å². The number of rotatable bonds is 6. The number of methoxy groups -OCH3 is 3. The molecule has 0 radical (unpaired) electrons. The van der Waals surface area contributed by atoms with Crippen LogP contribution in [-0.2, 0) is 4.74 Å². The van der Waals surface area contributed by atoms with Gasteiger partial charge in [0.1, 0.15) is 0 Å². The number of hydrogen-bond acceptors (Lipinski definition) is 6. The Hall–Kier alpha value is -3.32. The fourth-order valence-electron chi connectivity index (χ4n) is 3.86. The standard InChI is InChI=1S/C24H26N2O5/c1-28-21-11-15(12-22(29-2)23(21)30-3)20-13-18(17-8-4-5-9-19(17)26-20)24(27)25-16-7-6-10-31-14-16/h4-5,8-9,11-13,16H,6-7,10,14H2,1-3H3,(H,25,27). The van der Waals surface area contributed by atoms with Gasteiger partial charge in [-0.05, 0) is 37.1 Å². The third-order valence-corrected chi connectivity index (χ3v) is 5.42. The van der Waals surface area contributed by atoms with E-state index in [1.54, 1.807) is 21.3 Å². The van der Waals surface area contributed by atoms with E-state index < -0.39 is 0 Å². The molecular weight excluding hydrogens is 396 g/mol. The van der Waals surface area contributed by atoms with Gasteiger partial charge in [0.05, 0.1) is 50.8 Å². The van der Waals surface area contributed by atoms with E-state index in [-0.39, 0.29) is 11.9 Å². The molecule has 31 heavy (non-hydrogen) atoms. The van der Waals surface area contributed by atoms with Crippen molar-refractivity contribution in [1.82, 2.24) is 10.3 Å². The molecule has 7 nitrogen and oxygen atoms in total. The number of amides is 1. The van der Waals surface area contributed by atoms with Crippen LogP contribution in [-0.4, -0.2) is 51.5 Å². The van der Waals surface area contributed by atoms with Gasteiger partial charge in [-0.2, -0.15) is 0 Å².